The molecule has 6 nitrogen and oxygen atoms in total. The molecule has 1 aromatic carbocycles. The van der Waals surface area contributed by atoms with Crippen LogP contribution in [0.15, 0.2) is 22.7 Å². The molecule has 0 radical (unpaired) electrons. The SMILES string of the molecule is CCNCc1cccc(OCC)c1OCc1noc(C)n1. The van der Waals surface area contributed by atoms with E-state index in [0.29, 0.717) is 18.3 Å². The van der Waals surface area contributed by atoms with E-state index in [2.05, 4.69) is 22.4 Å². The van der Waals surface area contributed by atoms with Gasteiger partial charge < -0.3 is 19.3 Å². The van der Waals surface area contributed by atoms with Gasteiger partial charge in [-0.3, -0.25) is 0 Å². The van der Waals surface area contributed by atoms with Gasteiger partial charge in [-0.25, -0.2) is 0 Å². The standard InChI is InChI=1S/C15H21N3O3/c1-4-16-9-12-7-6-8-13(19-5-2)15(12)20-10-14-17-11(3)21-18-14/h6-8,16H,4-5,9-10H2,1-3H3. The molecule has 0 unspecified atom stereocenters. The Hall–Kier alpha value is -2.08. The van der Waals surface area contributed by atoms with Crippen LogP contribution in [0.4, 0.5) is 0 Å². The smallest absolute Gasteiger partial charge is 0.223 e. The summed E-state index contributed by atoms with van der Waals surface area (Å²) in [6.07, 6.45) is 0. The summed E-state index contributed by atoms with van der Waals surface area (Å²) in [5.41, 5.74) is 1.04. The van der Waals surface area contributed by atoms with Gasteiger partial charge in [0.2, 0.25) is 11.7 Å². The highest BCUT2D eigenvalue weighted by Gasteiger charge is 2.12. The third kappa shape index (κ3) is 4.19. The zero-order valence-corrected chi connectivity index (χ0v) is 12.7. The van der Waals surface area contributed by atoms with Gasteiger partial charge in [-0.1, -0.05) is 24.2 Å². The minimum atomic E-state index is 0.251. The predicted octanol–water partition coefficient (Wildman–Crippen LogP) is 2.47. The van der Waals surface area contributed by atoms with E-state index in [1.54, 1.807) is 6.92 Å². The second kappa shape index (κ2) is 7.64. The Balaban J connectivity index is 2.16. The van der Waals surface area contributed by atoms with Gasteiger partial charge in [0.15, 0.2) is 18.1 Å². The number of nitrogens with one attached hydrogen (secondary N) is 1. The lowest BCUT2D eigenvalue weighted by molar-refractivity contribution is 0.255. The predicted molar refractivity (Wildman–Crippen MR) is 78.4 cm³/mol. The van der Waals surface area contributed by atoms with Crippen molar-refractivity contribution in [2.45, 2.75) is 33.9 Å². The Labute approximate surface area is 124 Å². The Morgan fingerprint density at radius 3 is 2.76 bits per heavy atom. The molecule has 2 aromatic rings. The Bertz CT molecular complexity index is 569. The molecule has 1 heterocycles. The molecule has 1 aromatic heterocycles. The lowest BCUT2D eigenvalue weighted by Crippen LogP contribution is -2.13. The number of hydrogen-bond donors (Lipinski definition) is 1. The first-order valence-electron chi connectivity index (χ1n) is 7.12. The summed E-state index contributed by atoms with van der Waals surface area (Å²) < 4.78 is 16.4. The molecule has 0 amide bonds. The molecule has 21 heavy (non-hydrogen) atoms. The maximum Gasteiger partial charge on any atom is 0.223 e. The minimum absolute atomic E-state index is 0.251. The van der Waals surface area contributed by atoms with Crippen LogP contribution in [0.5, 0.6) is 11.5 Å². The molecular formula is C15H21N3O3. The van der Waals surface area contributed by atoms with Crippen molar-refractivity contribution in [1.29, 1.82) is 0 Å². The molecule has 0 bridgehead atoms. The van der Waals surface area contributed by atoms with Crippen molar-refractivity contribution in [3.8, 4) is 11.5 Å². The van der Waals surface area contributed by atoms with E-state index in [-0.39, 0.29) is 6.61 Å². The molecule has 0 aliphatic rings. The Kier molecular flexibility index (Phi) is 5.57. The first-order chi connectivity index (χ1) is 10.2. The number of hydrogen-bond acceptors (Lipinski definition) is 6. The maximum absolute atomic E-state index is 5.87. The van der Waals surface area contributed by atoms with Crippen LogP contribution in [-0.2, 0) is 13.2 Å². The Morgan fingerprint density at radius 1 is 1.24 bits per heavy atom. The van der Waals surface area contributed by atoms with Crippen molar-refractivity contribution in [2.24, 2.45) is 0 Å². The molecule has 0 spiro atoms. The average Bonchev–Trinajstić information content (AvgIpc) is 2.90. The molecule has 0 saturated heterocycles. The summed E-state index contributed by atoms with van der Waals surface area (Å²) >= 11 is 0. The van der Waals surface area contributed by atoms with Crippen LogP contribution in [0.25, 0.3) is 0 Å². The second-order valence-electron chi connectivity index (χ2n) is 4.48. The fourth-order valence-electron chi connectivity index (χ4n) is 1.93. The van der Waals surface area contributed by atoms with E-state index >= 15 is 0 Å². The second-order valence-corrected chi connectivity index (χ2v) is 4.48. The monoisotopic (exact) mass is 291 g/mol. The molecular weight excluding hydrogens is 270 g/mol. The molecule has 0 aliphatic carbocycles. The lowest BCUT2D eigenvalue weighted by Gasteiger charge is -2.15. The van der Waals surface area contributed by atoms with Crippen LogP contribution in [0.3, 0.4) is 0 Å². The summed E-state index contributed by atoms with van der Waals surface area (Å²) in [5, 5.41) is 7.12. The summed E-state index contributed by atoms with van der Waals surface area (Å²) in [5.74, 6) is 2.50. The van der Waals surface area contributed by atoms with Crippen LogP contribution >= 0.6 is 0 Å². The van der Waals surface area contributed by atoms with Crippen LogP contribution in [0, 0.1) is 6.92 Å². The third-order valence-corrected chi connectivity index (χ3v) is 2.84. The van der Waals surface area contributed by atoms with Gasteiger partial charge in [0.05, 0.1) is 6.61 Å². The molecule has 0 aliphatic heterocycles. The van der Waals surface area contributed by atoms with E-state index in [4.69, 9.17) is 14.0 Å². The van der Waals surface area contributed by atoms with Crippen molar-refractivity contribution in [1.82, 2.24) is 15.5 Å². The van der Waals surface area contributed by atoms with Crippen molar-refractivity contribution in [2.75, 3.05) is 13.2 Å². The number of ether oxygens (including phenoxy) is 2. The summed E-state index contributed by atoms with van der Waals surface area (Å²) in [6.45, 7) is 8.21. The van der Waals surface area contributed by atoms with Crippen molar-refractivity contribution >= 4 is 0 Å². The number of para-hydroxylation sites is 1. The van der Waals surface area contributed by atoms with Crippen molar-refractivity contribution in [3.05, 3.63) is 35.5 Å². The number of nitrogens with zero attached hydrogens (tertiary/aromatic N) is 2. The number of aromatic nitrogens is 2. The zero-order chi connectivity index (χ0) is 15.1. The van der Waals surface area contributed by atoms with Gasteiger partial charge in [-0.15, -0.1) is 0 Å². The lowest BCUT2D eigenvalue weighted by atomic mass is 10.2. The molecule has 0 fully saturated rings. The topological polar surface area (TPSA) is 69.4 Å². The highest BCUT2D eigenvalue weighted by Crippen LogP contribution is 2.32. The van der Waals surface area contributed by atoms with Gasteiger partial charge in [0.25, 0.3) is 0 Å². The molecule has 2 rings (SSSR count). The third-order valence-electron chi connectivity index (χ3n) is 2.84. The molecule has 114 valence electrons. The highest BCUT2D eigenvalue weighted by molar-refractivity contribution is 5.46. The van der Waals surface area contributed by atoms with E-state index in [9.17, 15) is 0 Å². The highest BCUT2D eigenvalue weighted by atomic mass is 16.5. The summed E-state index contributed by atoms with van der Waals surface area (Å²) in [7, 11) is 0. The number of rotatable bonds is 8. The van der Waals surface area contributed by atoms with Crippen LogP contribution in [0.1, 0.15) is 31.1 Å². The Morgan fingerprint density at radius 2 is 2.10 bits per heavy atom. The zero-order valence-electron chi connectivity index (χ0n) is 12.7. The number of benzene rings is 1. The number of aryl methyl sites for hydroxylation is 1. The normalized spacial score (nSPS) is 10.6. The first kappa shape index (κ1) is 15.3. The van der Waals surface area contributed by atoms with Gasteiger partial charge in [0.1, 0.15) is 0 Å². The molecule has 0 saturated carbocycles. The van der Waals surface area contributed by atoms with Crippen LogP contribution in [0.2, 0.25) is 0 Å². The molecule has 6 heteroatoms. The van der Waals surface area contributed by atoms with Gasteiger partial charge in [-0.2, -0.15) is 4.98 Å². The van der Waals surface area contributed by atoms with E-state index in [0.717, 1.165) is 30.2 Å². The van der Waals surface area contributed by atoms with Gasteiger partial charge >= 0.3 is 0 Å². The van der Waals surface area contributed by atoms with Crippen molar-refractivity contribution in [3.63, 3.8) is 0 Å². The summed E-state index contributed by atoms with van der Waals surface area (Å²) in [6, 6.07) is 5.88. The first-order valence-corrected chi connectivity index (χ1v) is 7.12. The van der Waals surface area contributed by atoms with Gasteiger partial charge in [0, 0.05) is 19.0 Å². The largest absolute Gasteiger partial charge is 0.490 e. The quantitative estimate of drug-likeness (QED) is 0.805. The van der Waals surface area contributed by atoms with E-state index in [1.165, 1.54) is 0 Å². The van der Waals surface area contributed by atoms with E-state index < -0.39 is 0 Å². The average molecular weight is 291 g/mol. The van der Waals surface area contributed by atoms with Crippen molar-refractivity contribution < 1.29 is 14.0 Å². The molecule has 1 N–H and O–H groups in total. The molecule has 0 atom stereocenters. The van der Waals surface area contributed by atoms with Gasteiger partial charge in [-0.05, 0) is 19.5 Å². The van der Waals surface area contributed by atoms with Crippen LogP contribution < -0.4 is 14.8 Å². The minimum Gasteiger partial charge on any atom is -0.490 e. The van der Waals surface area contributed by atoms with E-state index in [1.807, 2.05) is 25.1 Å². The summed E-state index contributed by atoms with van der Waals surface area (Å²) in [4.78, 5) is 4.13. The van der Waals surface area contributed by atoms with Crippen LogP contribution in [-0.4, -0.2) is 23.3 Å². The fraction of sp³-hybridized carbons (Fsp3) is 0.467. The fourth-order valence-corrected chi connectivity index (χ4v) is 1.93. The maximum atomic E-state index is 5.87.